The van der Waals surface area contributed by atoms with E-state index in [0.29, 0.717) is 0 Å². The van der Waals surface area contributed by atoms with Crippen molar-refractivity contribution in [2.24, 2.45) is 0 Å². The molecule has 0 saturated carbocycles. The first-order valence-corrected chi connectivity index (χ1v) is 8.43. The lowest BCUT2D eigenvalue weighted by Gasteiger charge is -2.36. The van der Waals surface area contributed by atoms with Crippen LogP contribution in [0.3, 0.4) is 0 Å². The van der Waals surface area contributed by atoms with Gasteiger partial charge in [-0.3, -0.25) is 0 Å². The molecular formula is C20H26N2O2. The fraction of sp³-hybridized carbons (Fsp3) is 0.400. The summed E-state index contributed by atoms with van der Waals surface area (Å²) >= 11 is 0. The zero-order valence-corrected chi connectivity index (χ0v) is 14.7. The van der Waals surface area contributed by atoms with Crippen molar-refractivity contribution in [3.05, 3.63) is 60.2 Å². The van der Waals surface area contributed by atoms with Crippen molar-refractivity contribution in [1.29, 1.82) is 0 Å². The van der Waals surface area contributed by atoms with E-state index in [4.69, 9.17) is 9.47 Å². The molecule has 2 aromatic carbocycles. The summed E-state index contributed by atoms with van der Waals surface area (Å²) in [5.41, 5.74) is 2.22. The van der Waals surface area contributed by atoms with Crippen LogP contribution in [-0.4, -0.2) is 51.8 Å². The number of likely N-dealkylation sites (N-methyl/N-ethyl adjacent to an activating group) is 1. The zero-order chi connectivity index (χ0) is 16.9. The Balaban J connectivity index is 1.91. The minimum atomic E-state index is -0.130. The predicted molar refractivity (Wildman–Crippen MR) is 97.8 cm³/mol. The quantitative estimate of drug-likeness (QED) is 0.842. The Hall–Kier alpha value is -2.04. The molecule has 1 fully saturated rings. The molecule has 3 rings (SSSR count). The molecule has 0 aromatic heterocycles. The summed E-state index contributed by atoms with van der Waals surface area (Å²) in [6.45, 7) is 2.57. The maximum Gasteiger partial charge on any atom is 0.151 e. The van der Waals surface area contributed by atoms with E-state index in [9.17, 15) is 0 Å². The summed E-state index contributed by atoms with van der Waals surface area (Å²) in [6, 6.07) is 18.5. The van der Waals surface area contributed by atoms with Gasteiger partial charge in [0.05, 0.1) is 12.3 Å². The van der Waals surface area contributed by atoms with Crippen LogP contribution in [0.1, 0.15) is 11.7 Å². The number of anilines is 1. The number of ether oxygens (including phenoxy) is 2. The maximum atomic E-state index is 6.49. The summed E-state index contributed by atoms with van der Waals surface area (Å²) in [5.74, 6) is 0.883. The Bertz CT molecular complexity index is 645. The summed E-state index contributed by atoms with van der Waals surface area (Å²) in [6.07, 6.45) is -0.114. The Morgan fingerprint density at radius 2 is 1.79 bits per heavy atom. The lowest BCUT2D eigenvalue weighted by Crippen LogP contribution is -2.44. The molecule has 0 aliphatic carbocycles. The van der Waals surface area contributed by atoms with Crippen molar-refractivity contribution in [1.82, 2.24) is 4.90 Å². The fourth-order valence-electron chi connectivity index (χ4n) is 3.06. The van der Waals surface area contributed by atoms with Crippen LogP contribution < -0.4 is 9.64 Å². The lowest BCUT2D eigenvalue weighted by atomic mass is 10.0. The molecular weight excluding hydrogens is 300 g/mol. The van der Waals surface area contributed by atoms with Gasteiger partial charge >= 0.3 is 0 Å². The highest BCUT2D eigenvalue weighted by Gasteiger charge is 2.30. The van der Waals surface area contributed by atoms with Gasteiger partial charge in [-0.05, 0) is 24.7 Å². The average Bonchev–Trinajstić information content (AvgIpc) is 2.60. The van der Waals surface area contributed by atoms with Gasteiger partial charge in [-0.25, -0.2) is 0 Å². The third-order valence-electron chi connectivity index (χ3n) is 4.36. The summed E-state index contributed by atoms with van der Waals surface area (Å²) in [7, 11) is 6.19. The molecule has 1 heterocycles. The number of hydrogen-bond donors (Lipinski definition) is 0. The van der Waals surface area contributed by atoms with E-state index >= 15 is 0 Å². The number of benzene rings is 2. The summed E-state index contributed by atoms with van der Waals surface area (Å²) in [5, 5.41) is 0. The van der Waals surface area contributed by atoms with Crippen LogP contribution in [0.2, 0.25) is 0 Å². The van der Waals surface area contributed by atoms with Crippen molar-refractivity contribution in [3.8, 4) is 5.75 Å². The molecule has 0 spiro atoms. The second kappa shape index (κ2) is 7.69. The van der Waals surface area contributed by atoms with Crippen molar-refractivity contribution >= 4 is 5.69 Å². The average molecular weight is 326 g/mol. The summed E-state index contributed by atoms with van der Waals surface area (Å²) in [4.78, 5) is 4.37. The SMILES string of the molecule is CN1CCOC(C(Oc2ccccc2N(C)C)c2ccccc2)C1. The fourth-order valence-corrected chi connectivity index (χ4v) is 3.06. The minimum Gasteiger partial charge on any atom is -0.481 e. The molecule has 128 valence electrons. The van der Waals surface area contributed by atoms with Gasteiger partial charge in [0.15, 0.2) is 6.10 Å². The molecule has 0 radical (unpaired) electrons. The third-order valence-corrected chi connectivity index (χ3v) is 4.36. The largest absolute Gasteiger partial charge is 0.481 e. The van der Waals surface area contributed by atoms with Crippen LogP contribution in [0.5, 0.6) is 5.75 Å². The van der Waals surface area contributed by atoms with Crippen molar-refractivity contribution < 1.29 is 9.47 Å². The Labute approximate surface area is 144 Å². The Morgan fingerprint density at radius 3 is 2.50 bits per heavy atom. The molecule has 1 aliphatic heterocycles. The molecule has 0 bridgehead atoms. The van der Waals surface area contributed by atoms with Gasteiger partial charge in [0.1, 0.15) is 11.9 Å². The van der Waals surface area contributed by atoms with Gasteiger partial charge in [-0.15, -0.1) is 0 Å². The van der Waals surface area contributed by atoms with Crippen LogP contribution in [-0.2, 0) is 4.74 Å². The standard InChI is InChI=1S/C20H26N2O2/c1-21(2)17-11-7-8-12-18(17)24-20(16-9-5-4-6-10-16)19-15-22(3)13-14-23-19/h4-12,19-20H,13-15H2,1-3H3. The van der Waals surface area contributed by atoms with Crippen molar-refractivity contribution in [2.75, 3.05) is 45.7 Å². The Morgan fingerprint density at radius 1 is 1.08 bits per heavy atom. The first-order chi connectivity index (χ1) is 11.6. The minimum absolute atomic E-state index is 0.0152. The molecule has 2 unspecified atom stereocenters. The van der Waals surface area contributed by atoms with Gasteiger partial charge in [-0.1, -0.05) is 42.5 Å². The molecule has 0 N–H and O–H groups in total. The van der Waals surface area contributed by atoms with E-state index in [1.165, 1.54) is 0 Å². The highest BCUT2D eigenvalue weighted by molar-refractivity contribution is 5.57. The second-order valence-electron chi connectivity index (χ2n) is 6.48. The molecule has 2 atom stereocenters. The molecule has 4 heteroatoms. The van der Waals surface area contributed by atoms with Crippen LogP contribution in [0.15, 0.2) is 54.6 Å². The topological polar surface area (TPSA) is 24.9 Å². The van der Waals surface area contributed by atoms with E-state index in [0.717, 1.165) is 36.7 Å². The number of para-hydroxylation sites is 2. The van der Waals surface area contributed by atoms with Gasteiger partial charge in [0.2, 0.25) is 0 Å². The first-order valence-electron chi connectivity index (χ1n) is 8.43. The first kappa shape index (κ1) is 16.8. The van der Waals surface area contributed by atoms with Crippen LogP contribution in [0.25, 0.3) is 0 Å². The van der Waals surface area contributed by atoms with Crippen LogP contribution in [0.4, 0.5) is 5.69 Å². The number of rotatable bonds is 5. The van der Waals surface area contributed by atoms with Gasteiger partial charge in [-0.2, -0.15) is 0 Å². The molecule has 1 aliphatic rings. The molecule has 0 amide bonds. The van der Waals surface area contributed by atoms with E-state index in [1.807, 2.05) is 38.4 Å². The maximum absolute atomic E-state index is 6.49. The van der Waals surface area contributed by atoms with Crippen LogP contribution >= 0.6 is 0 Å². The monoisotopic (exact) mass is 326 g/mol. The number of hydrogen-bond acceptors (Lipinski definition) is 4. The highest BCUT2D eigenvalue weighted by atomic mass is 16.5. The van der Waals surface area contributed by atoms with Crippen molar-refractivity contribution in [3.63, 3.8) is 0 Å². The van der Waals surface area contributed by atoms with Gasteiger partial charge in [0.25, 0.3) is 0 Å². The third kappa shape index (κ3) is 3.89. The normalized spacial score (nSPS) is 19.7. The smallest absolute Gasteiger partial charge is 0.151 e. The second-order valence-corrected chi connectivity index (χ2v) is 6.48. The molecule has 4 nitrogen and oxygen atoms in total. The van der Waals surface area contributed by atoms with Crippen molar-refractivity contribution in [2.45, 2.75) is 12.2 Å². The van der Waals surface area contributed by atoms with E-state index in [2.05, 4.69) is 47.2 Å². The number of morpholine rings is 1. The van der Waals surface area contributed by atoms with Gasteiger partial charge < -0.3 is 19.3 Å². The molecule has 2 aromatic rings. The lowest BCUT2D eigenvalue weighted by molar-refractivity contribution is -0.0758. The predicted octanol–water partition coefficient (Wildman–Crippen LogP) is 3.20. The number of nitrogens with zero attached hydrogens (tertiary/aromatic N) is 2. The van der Waals surface area contributed by atoms with Crippen LogP contribution in [0, 0.1) is 0 Å². The zero-order valence-electron chi connectivity index (χ0n) is 14.7. The molecule has 24 heavy (non-hydrogen) atoms. The van der Waals surface area contributed by atoms with E-state index < -0.39 is 0 Å². The van der Waals surface area contributed by atoms with Gasteiger partial charge in [0, 0.05) is 27.2 Å². The molecule has 1 saturated heterocycles. The highest BCUT2D eigenvalue weighted by Crippen LogP contribution is 2.33. The van der Waals surface area contributed by atoms with E-state index in [-0.39, 0.29) is 12.2 Å². The summed E-state index contributed by atoms with van der Waals surface area (Å²) < 4.78 is 12.5. The van der Waals surface area contributed by atoms with E-state index in [1.54, 1.807) is 0 Å². The Kier molecular flexibility index (Phi) is 5.38.